The zero-order valence-corrected chi connectivity index (χ0v) is 11.6. The molecule has 17 heavy (non-hydrogen) atoms. The van der Waals surface area contributed by atoms with Crippen LogP contribution < -0.4 is 15.2 Å². The first kappa shape index (κ1) is 13.7. The molecule has 0 saturated heterocycles. The second-order valence-corrected chi connectivity index (χ2v) is 6.10. The van der Waals surface area contributed by atoms with Crippen molar-refractivity contribution in [2.24, 2.45) is 0 Å². The highest BCUT2D eigenvalue weighted by Crippen LogP contribution is 2.37. The van der Waals surface area contributed by atoms with Gasteiger partial charge in [0.15, 0.2) is 11.5 Å². The van der Waals surface area contributed by atoms with E-state index < -0.39 is 0 Å². The van der Waals surface area contributed by atoms with Gasteiger partial charge in [-0.3, -0.25) is 0 Å². The van der Waals surface area contributed by atoms with E-state index >= 15 is 0 Å². The zero-order chi connectivity index (χ0) is 13.3. The summed E-state index contributed by atoms with van der Waals surface area (Å²) in [6.45, 7) is 12.0. The van der Waals surface area contributed by atoms with Gasteiger partial charge in [-0.1, -0.05) is 6.07 Å². The number of benzene rings is 1. The van der Waals surface area contributed by atoms with E-state index in [-0.39, 0.29) is 11.2 Å². The predicted octanol–water partition coefficient (Wildman–Crippen LogP) is 3.62. The van der Waals surface area contributed by atoms with Gasteiger partial charge < -0.3 is 15.2 Å². The van der Waals surface area contributed by atoms with E-state index in [4.69, 9.17) is 15.2 Å². The minimum atomic E-state index is -0.300. The van der Waals surface area contributed by atoms with Gasteiger partial charge >= 0.3 is 0 Å². The zero-order valence-electron chi connectivity index (χ0n) is 11.6. The van der Waals surface area contributed by atoms with Gasteiger partial charge in [-0.2, -0.15) is 0 Å². The van der Waals surface area contributed by atoms with Crippen LogP contribution in [0.3, 0.4) is 0 Å². The summed E-state index contributed by atoms with van der Waals surface area (Å²) >= 11 is 0. The number of anilines is 1. The van der Waals surface area contributed by atoms with Crippen LogP contribution in [-0.4, -0.2) is 11.2 Å². The molecule has 0 fully saturated rings. The molecule has 0 aliphatic rings. The highest BCUT2D eigenvalue weighted by Gasteiger charge is 2.21. The van der Waals surface area contributed by atoms with Gasteiger partial charge in [0.25, 0.3) is 0 Å². The third kappa shape index (κ3) is 4.55. The maximum atomic E-state index is 5.94. The van der Waals surface area contributed by atoms with Crippen LogP contribution in [0.4, 0.5) is 5.69 Å². The van der Waals surface area contributed by atoms with E-state index in [1.807, 2.05) is 59.7 Å². The standard InChI is InChI=1S/C14H23NO2/c1-13(2,3)16-11-9-7-8-10(15)12(11)17-14(4,5)6/h7-9H,15H2,1-6H3. The molecule has 0 saturated carbocycles. The molecule has 1 rings (SSSR count). The second kappa shape index (κ2) is 4.47. The first-order valence-corrected chi connectivity index (χ1v) is 5.85. The summed E-state index contributed by atoms with van der Waals surface area (Å²) in [5.74, 6) is 1.31. The van der Waals surface area contributed by atoms with Crippen molar-refractivity contribution in [1.29, 1.82) is 0 Å². The Labute approximate surface area is 104 Å². The Morgan fingerprint density at radius 3 is 1.88 bits per heavy atom. The van der Waals surface area contributed by atoms with E-state index in [1.165, 1.54) is 0 Å². The van der Waals surface area contributed by atoms with Crippen molar-refractivity contribution < 1.29 is 9.47 Å². The largest absolute Gasteiger partial charge is 0.484 e. The Hall–Kier alpha value is -1.38. The SMILES string of the molecule is CC(C)(C)Oc1cccc(N)c1OC(C)(C)C. The molecule has 0 aromatic heterocycles. The summed E-state index contributed by atoms with van der Waals surface area (Å²) in [4.78, 5) is 0. The van der Waals surface area contributed by atoms with Crippen LogP contribution in [0.25, 0.3) is 0 Å². The molecule has 0 spiro atoms. The molecule has 0 amide bonds. The summed E-state index contributed by atoms with van der Waals surface area (Å²) in [5, 5.41) is 0. The molecule has 3 nitrogen and oxygen atoms in total. The monoisotopic (exact) mass is 237 g/mol. The lowest BCUT2D eigenvalue weighted by atomic mass is 10.1. The smallest absolute Gasteiger partial charge is 0.184 e. The highest BCUT2D eigenvalue weighted by atomic mass is 16.5. The van der Waals surface area contributed by atoms with Crippen LogP contribution in [0.5, 0.6) is 11.5 Å². The van der Waals surface area contributed by atoms with Crippen LogP contribution in [0.15, 0.2) is 18.2 Å². The first-order valence-electron chi connectivity index (χ1n) is 5.85. The lowest BCUT2D eigenvalue weighted by molar-refractivity contribution is 0.0966. The highest BCUT2D eigenvalue weighted by molar-refractivity contribution is 5.60. The topological polar surface area (TPSA) is 44.5 Å². The molecule has 0 aliphatic heterocycles. The second-order valence-electron chi connectivity index (χ2n) is 6.10. The maximum absolute atomic E-state index is 5.94. The predicted molar refractivity (Wildman–Crippen MR) is 71.6 cm³/mol. The van der Waals surface area contributed by atoms with E-state index in [2.05, 4.69) is 0 Å². The summed E-state index contributed by atoms with van der Waals surface area (Å²) in [5.41, 5.74) is 5.97. The number of ether oxygens (including phenoxy) is 2. The Bertz CT molecular complexity index is 386. The van der Waals surface area contributed by atoms with Gasteiger partial charge in [-0.15, -0.1) is 0 Å². The summed E-state index contributed by atoms with van der Waals surface area (Å²) < 4.78 is 11.7. The number of para-hydroxylation sites is 1. The van der Waals surface area contributed by atoms with Crippen molar-refractivity contribution in [1.82, 2.24) is 0 Å². The van der Waals surface area contributed by atoms with Gasteiger partial charge in [0, 0.05) is 0 Å². The molecule has 3 heteroatoms. The van der Waals surface area contributed by atoms with Gasteiger partial charge in [-0.25, -0.2) is 0 Å². The van der Waals surface area contributed by atoms with Crippen LogP contribution in [0, 0.1) is 0 Å². The van der Waals surface area contributed by atoms with Crippen molar-refractivity contribution in [3.63, 3.8) is 0 Å². The number of hydrogen-bond acceptors (Lipinski definition) is 3. The Morgan fingerprint density at radius 2 is 1.41 bits per heavy atom. The molecule has 0 atom stereocenters. The molecule has 0 aliphatic carbocycles. The molecular formula is C14H23NO2. The molecular weight excluding hydrogens is 214 g/mol. The summed E-state index contributed by atoms with van der Waals surface area (Å²) in [6.07, 6.45) is 0. The fourth-order valence-corrected chi connectivity index (χ4v) is 1.36. The molecule has 96 valence electrons. The van der Waals surface area contributed by atoms with Gasteiger partial charge in [0.1, 0.15) is 11.2 Å². The number of nitrogen functional groups attached to an aromatic ring is 1. The minimum absolute atomic E-state index is 0.274. The third-order valence-electron chi connectivity index (χ3n) is 1.83. The fourth-order valence-electron chi connectivity index (χ4n) is 1.36. The number of nitrogens with two attached hydrogens (primary N) is 1. The van der Waals surface area contributed by atoms with Crippen LogP contribution in [0.2, 0.25) is 0 Å². The van der Waals surface area contributed by atoms with E-state index in [9.17, 15) is 0 Å². The lowest BCUT2D eigenvalue weighted by Crippen LogP contribution is -2.27. The van der Waals surface area contributed by atoms with Crippen molar-refractivity contribution >= 4 is 5.69 Å². The summed E-state index contributed by atoms with van der Waals surface area (Å²) in [6, 6.07) is 5.56. The average molecular weight is 237 g/mol. The minimum Gasteiger partial charge on any atom is -0.484 e. The first-order chi connectivity index (χ1) is 7.58. The van der Waals surface area contributed by atoms with Crippen LogP contribution in [0.1, 0.15) is 41.5 Å². The van der Waals surface area contributed by atoms with Crippen LogP contribution in [-0.2, 0) is 0 Å². The third-order valence-corrected chi connectivity index (χ3v) is 1.83. The molecule has 0 radical (unpaired) electrons. The molecule has 2 N–H and O–H groups in total. The molecule has 0 heterocycles. The fraction of sp³-hybridized carbons (Fsp3) is 0.571. The van der Waals surface area contributed by atoms with Crippen molar-refractivity contribution in [3.8, 4) is 11.5 Å². The Balaban J connectivity index is 3.09. The maximum Gasteiger partial charge on any atom is 0.184 e. The average Bonchev–Trinajstić information content (AvgIpc) is 2.07. The lowest BCUT2D eigenvalue weighted by Gasteiger charge is -2.27. The van der Waals surface area contributed by atoms with Gasteiger partial charge in [0.2, 0.25) is 0 Å². The van der Waals surface area contributed by atoms with Crippen molar-refractivity contribution in [2.75, 3.05) is 5.73 Å². The van der Waals surface area contributed by atoms with Crippen molar-refractivity contribution in [2.45, 2.75) is 52.7 Å². The molecule has 0 unspecified atom stereocenters. The normalized spacial score (nSPS) is 12.4. The van der Waals surface area contributed by atoms with Gasteiger partial charge in [0.05, 0.1) is 5.69 Å². The molecule has 1 aromatic carbocycles. The Kier molecular flexibility index (Phi) is 3.60. The van der Waals surface area contributed by atoms with E-state index in [1.54, 1.807) is 0 Å². The quantitative estimate of drug-likeness (QED) is 0.799. The Morgan fingerprint density at radius 1 is 0.882 bits per heavy atom. The van der Waals surface area contributed by atoms with Crippen molar-refractivity contribution in [3.05, 3.63) is 18.2 Å². The number of hydrogen-bond donors (Lipinski definition) is 1. The molecule has 1 aromatic rings. The van der Waals surface area contributed by atoms with E-state index in [0.29, 0.717) is 17.2 Å². The summed E-state index contributed by atoms with van der Waals surface area (Å²) in [7, 11) is 0. The number of rotatable bonds is 2. The van der Waals surface area contributed by atoms with Gasteiger partial charge in [-0.05, 0) is 53.7 Å². The molecule has 0 bridgehead atoms. The van der Waals surface area contributed by atoms with E-state index in [0.717, 1.165) is 0 Å². The van der Waals surface area contributed by atoms with Crippen LogP contribution >= 0.6 is 0 Å².